The van der Waals surface area contributed by atoms with Gasteiger partial charge in [-0.05, 0) is 48.2 Å². The van der Waals surface area contributed by atoms with Gasteiger partial charge in [-0.2, -0.15) is 5.10 Å². The molecular weight excluding hydrogens is 576 g/mol. The molecule has 1 aromatic heterocycles. The molecule has 234 valence electrons. The Kier molecular flexibility index (Phi) is 9.43. The van der Waals surface area contributed by atoms with Crippen LogP contribution in [0.5, 0.6) is 17.2 Å². The van der Waals surface area contributed by atoms with E-state index in [1.54, 1.807) is 30.3 Å². The molecular formula is C31H35F2N5O6. The predicted molar refractivity (Wildman–Crippen MR) is 155 cm³/mol. The average molecular weight is 612 g/mol. The number of halogens is 2. The van der Waals surface area contributed by atoms with Crippen molar-refractivity contribution in [1.82, 2.24) is 25.3 Å². The summed E-state index contributed by atoms with van der Waals surface area (Å²) in [6.07, 6.45) is -3.07. The zero-order valence-corrected chi connectivity index (χ0v) is 24.7. The van der Waals surface area contributed by atoms with Crippen LogP contribution in [-0.2, 0) is 16.1 Å². The average Bonchev–Trinajstić information content (AvgIpc) is 3.49. The monoisotopic (exact) mass is 611 g/mol. The van der Waals surface area contributed by atoms with Crippen LogP contribution in [0, 0.1) is 5.92 Å². The van der Waals surface area contributed by atoms with E-state index >= 15 is 0 Å². The molecule has 4 bridgehead atoms. The highest BCUT2D eigenvalue weighted by atomic mass is 19.3. The quantitative estimate of drug-likeness (QED) is 0.444. The van der Waals surface area contributed by atoms with Gasteiger partial charge in [0, 0.05) is 31.8 Å². The highest BCUT2D eigenvalue weighted by Gasteiger charge is 2.35. The molecule has 2 aliphatic heterocycles. The van der Waals surface area contributed by atoms with E-state index < -0.39 is 42.0 Å². The fourth-order valence-electron chi connectivity index (χ4n) is 5.05. The molecule has 5 rings (SSSR count). The molecule has 2 aliphatic rings. The largest absolute Gasteiger partial charge is 0.493 e. The topological polar surface area (TPSA) is 126 Å². The van der Waals surface area contributed by atoms with Crippen LogP contribution in [0.1, 0.15) is 58.8 Å². The summed E-state index contributed by atoms with van der Waals surface area (Å²) in [7, 11) is 1.53. The second-order valence-corrected chi connectivity index (χ2v) is 11.4. The Hall–Kier alpha value is -4.52. The molecule has 1 fully saturated rings. The zero-order chi connectivity index (χ0) is 31.4. The smallest absolute Gasteiger partial charge is 0.279 e. The summed E-state index contributed by atoms with van der Waals surface area (Å²) in [4.78, 5) is 42.4. The molecule has 2 N–H and O–H groups in total. The minimum Gasteiger partial charge on any atom is -0.493 e. The molecule has 0 radical (unpaired) electrons. The van der Waals surface area contributed by atoms with Crippen LogP contribution in [0.2, 0.25) is 0 Å². The summed E-state index contributed by atoms with van der Waals surface area (Å²) in [6, 6.07) is 12.8. The number of aromatic amines is 1. The van der Waals surface area contributed by atoms with Crippen molar-refractivity contribution in [3.8, 4) is 17.2 Å². The van der Waals surface area contributed by atoms with Crippen molar-refractivity contribution in [1.29, 1.82) is 0 Å². The molecule has 0 spiro atoms. The first-order valence-corrected chi connectivity index (χ1v) is 14.4. The van der Waals surface area contributed by atoms with Gasteiger partial charge in [0.1, 0.15) is 22.9 Å². The molecule has 0 unspecified atom stereocenters. The number of ether oxygens (including phenoxy) is 3. The number of fused-ring (bicyclic) bond motifs is 5. The number of piperidine rings is 1. The SMILES string of the molecule is CC(C)COc1cc2cc(c1)C(=O)N(C)CC(=O)N[C@H]1CCN(C(=O)c3cc(C(F)F)[nH]n3)C[C@@H]1OCc1cccc(c1)O2. The lowest BCUT2D eigenvalue weighted by molar-refractivity contribution is -0.124. The molecule has 2 atom stereocenters. The van der Waals surface area contributed by atoms with Crippen molar-refractivity contribution in [3.05, 3.63) is 71.0 Å². The normalized spacial score (nSPS) is 19.4. The van der Waals surface area contributed by atoms with Crippen LogP contribution in [0.25, 0.3) is 0 Å². The third kappa shape index (κ3) is 7.51. The van der Waals surface area contributed by atoms with Crippen molar-refractivity contribution in [2.24, 2.45) is 5.92 Å². The van der Waals surface area contributed by atoms with Crippen molar-refractivity contribution in [2.45, 2.75) is 45.4 Å². The van der Waals surface area contributed by atoms with Crippen molar-refractivity contribution >= 4 is 17.7 Å². The first-order valence-electron chi connectivity index (χ1n) is 14.4. The molecule has 3 heterocycles. The molecule has 1 saturated heterocycles. The van der Waals surface area contributed by atoms with E-state index in [0.29, 0.717) is 35.8 Å². The van der Waals surface area contributed by atoms with Crippen LogP contribution < -0.4 is 14.8 Å². The number of rotatable bonds is 5. The Labute approximate surface area is 253 Å². The van der Waals surface area contributed by atoms with E-state index in [2.05, 4.69) is 15.5 Å². The number of aromatic nitrogens is 2. The number of H-pyrrole nitrogens is 1. The minimum absolute atomic E-state index is 0.0926. The first kappa shape index (κ1) is 30.9. The van der Waals surface area contributed by atoms with Gasteiger partial charge in [-0.25, -0.2) is 8.78 Å². The van der Waals surface area contributed by atoms with Crippen LogP contribution in [0.3, 0.4) is 0 Å². The van der Waals surface area contributed by atoms with Gasteiger partial charge in [-0.15, -0.1) is 0 Å². The van der Waals surface area contributed by atoms with Crippen LogP contribution in [0.4, 0.5) is 8.78 Å². The van der Waals surface area contributed by atoms with E-state index in [-0.39, 0.29) is 37.9 Å². The van der Waals surface area contributed by atoms with Crippen molar-refractivity contribution in [2.75, 3.05) is 33.3 Å². The summed E-state index contributed by atoms with van der Waals surface area (Å²) < 4.78 is 44.4. The molecule has 2 aromatic carbocycles. The second-order valence-electron chi connectivity index (χ2n) is 11.4. The van der Waals surface area contributed by atoms with Crippen LogP contribution >= 0.6 is 0 Å². The van der Waals surface area contributed by atoms with Gasteiger partial charge in [0.25, 0.3) is 18.2 Å². The van der Waals surface area contributed by atoms with E-state index in [1.807, 2.05) is 26.0 Å². The number of likely N-dealkylation sites (N-methyl/N-ethyl adjacent to an activating group) is 1. The minimum atomic E-state index is -2.78. The predicted octanol–water partition coefficient (Wildman–Crippen LogP) is 4.18. The molecule has 13 heteroatoms. The fraction of sp³-hybridized carbons (Fsp3) is 0.419. The molecule has 0 aliphatic carbocycles. The Morgan fingerprint density at radius 1 is 1.14 bits per heavy atom. The van der Waals surface area contributed by atoms with Gasteiger partial charge < -0.3 is 29.3 Å². The number of nitrogens with zero attached hydrogens (tertiary/aromatic N) is 3. The van der Waals surface area contributed by atoms with E-state index in [1.165, 1.54) is 16.8 Å². The highest BCUT2D eigenvalue weighted by molar-refractivity contribution is 5.97. The van der Waals surface area contributed by atoms with Crippen molar-refractivity contribution in [3.63, 3.8) is 0 Å². The van der Waals surface area contributed by atoms with E-state index in [0.717, 1.165) is 11.6 Å². The lowest BCUT2D eigenvalue weighted by atomic mass is 10.0. The van der Waals surface area contributed by atoms with Crippen LogP contribution in [-0.4, -0.2) is 83.2 Å². The third-order valence-corrected chi connectivity index (χ3v) is 7.28. The second kappa shape index (κ2) is 13.4. The summed E-state index contributed by atoms with van der Waals surface area (Å²) in [5.74, 6) is 0.346. The maximum Gasteiger partial charge on any atom is 0.279 e. The summed E-state index contributed by atoms with van der Waals surface area (Å²) >= 11 is 0. The number of likely N-dealkylation sites (tertiary alicyclic amines) is 1. The number of benzene rings is 2. The Morgan fingerprint density at radius 3 is 2.70 bits per heavy atom. The number of carbonyl (C=O) groups excluding carboxylic acids is 3. The van der Waals surface area contributed by atoms with Gasteiger partial charge in [-0.3, -0.25) is 19.5 Å². The Bertz CT molecular complexity index is 1510. The Morgan fingerprint density at radius 2 is 1.95 bits per heavy atom. The molecule has 44 heavy (non-hydrogen) atoms. The molecule has 3 aromatic rings. The van der Waals surface area contributed by atoms with Gasteiger partial charge >= 0.3 is 0 Å². The first-order chi connectivity index (χ1) is 21.0. The number of alkyl halides is 2. The molecule has 3 amide bonds. The van der Waals surface area contributed by atoms with Gasteiger partial charge in [0.2, 0.25) is 5.91 Å². The number of amides is 3. The van der Waals surface area contributed by atoms with Crippen molar-refractivity contribution < 1.29 is 37.4 Å². The number of hydrogen-bond donors (Lipinski definition) is 2. The number of hydrogen-bond acceptors (Lipinski definition) is 7. The fourth-order valence-corrected chi connectivity index (χ4v) is 5.05. The van der Waals surface area contributed by atoms with Gasteiger partial charge in [0.05, 0.1) is 31.9 Å². The standard InChI is InChI=1S/C31H35F2N5O6/c1-18(2)16-42-22-10-20-11-23(12-22)44-21-6-4-5-19(9-21)17-43-27-14-38(31(41)26-13-25(29(32)33)35-36-26)8-7-24(27)34-28(39)15-37(3)30(20)40/h4-6,9-13,18,24,27,29H,7-8,14-17H2,1-3H3,(H,34,39)(H,35,36)/t24-,27-/m0/s1. The number of carbonyl (C=O) groups is 3. The maximum absolute atomic E-state index is 13.4. The summed E-state index contributed by atoms with van der Waals surface area (Å²) in [6.45, 7) is 4.75. The molecule has 11 nitrogen and oxygen atoms in total. The number of nitrogens with one attached hydrogen (secondary N) is 2. The maximum atomic E-state index is 13.4. The lowest BCUT2D eigenvalue weighted by Gasteiger charge is -2.38. The summed E-state index contributed by atoms with van der Waals surface area (Å²) in [5, 5.41) is 8.90. The molecule has 0 saturated carbocycles. The van der Waals surface area contributed by atoms with Gasteiger partial charge in [-0.1, -0.05) is 26.0 Å². The van der Waals surface area contributed by atoms with Gasteiger partial charge in [0.15, 0.2) is 5.69 Å². The Balaban J connectivity index is 1.40. The third-order valence-electron chi connectivity index (χ3n) is 7.28. The zero-order valence-electron chi connectivity index (χ0n) is 24.7. The lowest BCUT2D eigenvalue weighted by Crippen LogP contribution is -2.57. The van der Waals surface area contributed by atoms with E-state index in [4.69, 9.17) is 14.2 Å². The summed E-state index contributed by atoms with van der Waals surface area (Å²) in [5.41, 5.74) is 0.520. The van der Waals surface area contributed by atoms with E-state index in [9.17, 15) is 23.2 Å². The highest BCUT2D eigenvalue weighted by Crippen LogP contribution is 2.30. The van der Waals surface area contributed by atoms with Crippen LogP contribution in [0.15, 0.2) is 48.5 Å².